The minimum absolute atomic E-state index is 0.00619. The van der Waals surface area contributed by atoms with Crippen LogP contribution in [0.15, 0.2) is 24.3 Å². The molecule has 20 heavy (non-hydrogen) atoms. The fourth-order valence-electron chi connectivity index (χ4n) is 1.52. The quantitative estimate of drug-likeness (QED) is 0.811. The largest absolute Gasteiger partial charge is 0.484 e. The van der Waals surface area contributed by atoms with Crippen LogP contribution in [0, 0.1) is 0 Å². The maximum absolute atomic E-state index is 12.1. The van der Waals surface area contributed by atoms with Crippen molar-refractivity contribution >= 4 is 0 Å². The Labute approximate surface area is 116 Å². The van der Waals surface area contributed by atoms with Crippen molar-refractivity contribution in [3.63, 3.8) is 0 Å². The monoisotopic (exact) mass is 291 g/mol. The molecule has 0 radical (unpaired) electrons. The fourth-order valence-corrected chi connectivity index (χ4v) is 1.52. The molecule has 1 aromatic rings. The summed E-state index contributed by atoms with van der Waals surface area (Å²) in [4.78, 5) is 0. The molecule has 0 spiro atoms. The van der Waals surface area contributed by atoms with Gasteiger partial charge in [0, 0.05) is 12.1 Å². The molecule has 0 amide bonds. The van der Waals surface area contributed by atoms with Gasteiger partial charge in [0.25, 0.3) is 0 Å². The molecule has 0 aliphatic heterocycles. The minimum Gasteiger partial charge on any atom is -0.484 e. The van der Waals surface area contributed by atoms with E-state index in [1.54, 1.807) is 18.2 Å². The molecule has 1 rings (SSSR count). The highest BCUT2D eigenvalue weighted by atomic mass is 19.4. The van der Waals surface area contributed by atoms with Gasteiger partial charge in [-0.1, -0.05) is 19.1 Å². The van der Waals surface area contributed by atoms with E-state index in [-0.39, 0.29) is 12.4 Å². The number of alkyl halides is 3. The molecule has 0 heterocycles. The lowest BCUT2D eigenvalue weighted by Gasteiger charge is -2.27. The molecule has 0 bridgehead atoms. The van der Waals surface area contributed by atoms with Crippen molar-refractivity contribution in [2.75, 3.05) is 13.2 Å². The molecule has 6 heteroatoms. The first kappa shape index (κ1) is 16.8. The van der Waals surface area contributed by atoms with Crippen molar-refractivity contribution in [2.45, 2.75) is 38.5 Å². The van der Waals surface area contributed by atoms with Crippen LogP contribution in [0.4, 0.5) is 13.2 Å². The number of hydrogen-bond donors (Lipinski definition) is 2. The summed E-state index contributed by atoms with van der Waals surface area (Å²) in [5.74, 6) is 0.184. The highest BCUT2D eigenvalue weighted by Crippen LogP contribution is 2.20. The first-order chi connectivity index (χ1) is 9.28. The number of halogens is 3. The van der Waals surface area contributed by atoms with Crippen LogP contribution in [0.1, 0.15) is 25.8 Å². The SMILES string of the molecule is CCC(C)(CO)NCc1cccc(OCC(F)(F)F)c1. The second kappa shape index (κ2) is 6.95. The second-order valence-corrected chi connectivity index (χ2v) is 4.98. The summed E-state index contributed by atoms with van der Waals surface area (Å²) in [6, 6.07) is 6.48. The first-order valence-corrected chi connectivity index (χ1v) is 6.42. The molecule has 1 unspecified atom stereocenters. The minimum atomic E-state index is -4.34. The Morgan fingerprint density at radius 3 is 2.55 bits per heavy atom. The van der Waals surface area contributed by atoms with Gasteiger partial charge in [-0.05, 0) is 31.0 Å². The molecule has 114 valence electrons. The fraction of sp³-hybridized carbons (Fsp3) is 0.571. The lowest BCUT2D eigenvalue weighted by atomic mass is 10.00. The predicted octanol–water partition coefficient (Wildman–Crippen LogP) is 2.88. The van der Waals surface area contributed by atoms with E-state index in [4.69, 9.17) is 4.74 Å². The first-order valence-electron chi connectivity index (χ1n) is 6.42. The number of aliphatic hydroxyl groups excluding tert-OH is 1. The standard InChI is InChI=1S/C14H20F3NO2/c1-3-13(2,9-19)18-8-11-5-4-6-12(7-11)20-10-14(15,16)17/h4-7,18-19H,3,8-10H2,1-2H3. The molecule has 0 aliphatic rings. The number of benzene rings is 1. The van der Waals surface area contributed by atoms with E-state index in [1.807, 2.05) is 13.8 Å². The molecule has 0 saturated heterocycles. The normalized spacial score (nSPS) is 14.9. The summed E-state index contributed by atoms with van der Waals surface area (Å²) in [5, 5.41) is 12.5. The maximum Gasteiger partial charge on any atom is 0.422 e. The van der Waals surface area contributed by atoms with Crippen molar-refractivity contribution in [2.24, 2.45) is 0 Å². The molecule has 3 nitrogen and oxygen atoms in total. The third-order valence-corrected chi connectivity index (χ3v) is 3.15. The van der Waals surface area contributed by atoms with Crippen LogP contribution in [-0.4, -0.2) is 30.0 Å². The number of hydrogen-bond acceptors (Lipinski definition) is 3. The number of ether oxygens (including phenoxy) is 1. The van der Waals surface area contributed by atoms with Crippen LogP contribution < -0.4 is 10.1 Å². The lowest BCUT2D eigenvalue weighted by molar-refractivity contribution is -0.153. The van der Waals surface area contributed by atoms with Gasteiger partial charge in [0.1, 0.15) is 5.75 Å². The summed E-state index contributed by atoms with van der Waals surface area (Å²) >= 11 is 0. The zero-order chi connectivity index (χ0) is 15.2. The van der Waals surface area contributed by atoms with E-state index in [2.05, 4.69) is 5.32 Å². The molecule has 0 aromatic heterocycles. The Hall–Kier alpha value is -1.27. The van der Waals surface area contributed by atoms with Crippen molar-refractivity contribution in [1.29, 1.82) is 0 Å². The summed E-state index contributed by atoms with van der Waals surface area (Å²) < 4.78 is 40.9. The smallest absolute Gasteiger partial charge is 0.422 e. The van der Waals surface area contributed by atoms with Gasteiger partial charge < -0.3 is 15.2 Å². The average molecular weight is 291 g/mol. The van der Waals surface area contributed by atoms with Crippen LogP contribution in [-0.2, 0) is 6.54 Å². The van der Waals surface area contributed by atoms with Crippen molar-refractivity contribution in [1.82, 2.24) is 5.32 Å². The van der Waals surface area contributed by atoms with E-state index < -0.39 is 18.3 Å². The zero-order valence-corrected chi connectivity index (χ0v) is 11.6. The Morgan fingerprint density at radius 2 is 2.00 bits per heavy atom. The van der Waals surface area contributed by atoms with Gasteiger partial charge in [0.05, 0.1) is 6.61 Å². The Kier molecular flexibility index (Phi) is 5.83. The Balaban J connectivity index is 2.60. The number of nitrogens with one attached hydrogen (secondary N) is 1. The van der Waals surface area contributed by atoms with E-state index in [9.17, 15) is 18.3 Å². The van der Waals surface area contributed by atoms with Gasteiger partial charge in [-0.25, -0.2) is 0 Å². The van der Waals surface area contributed by atoms with E-state index in [0.717, 1.165) is 12.0 Å². The van der Waals surface area contributed by atoms with Crippen LogP contribution >= 0.6 is 0 Å². The van der Waals surface area contributed by atoms with Crippen LogP contribution in [0.3, 0.4) is 0 Å². The molecule has 0 fully saturated rings. The number of rotatable bonds is 7. The molecule has 0 saturated carbocycles. The Bertz CT molecular complexity index is 417. The molecule has 0 aliphatic carbocycles. The lowest BCUT2D eigenvalue weighted by Crippen LogP contribution is -2.44. The van der Waals surface area contributed by atoms with Crippen LogP contribution in [0.2, 0.25) is 0 Å². The molecule has 1 atom stereocenters. The average Bonchev–Trinajstić information content (AvgIpc) is 2.42. The number of aliphatic hydroxyl groups is 1. The summed E-state index contributed by atoms with van der Waals surface area (Å²) in [5.41, 5.74) is 0.404. The summed E-state index contributed by atoms with van der Waals surface area (Å²) in [6.45, 7) is 2.98. The molecular weight excluding hydrogens is 271 g/mol. The van der Waals surface area contributed by atoms with Crippen molar-refractivity contribution in [3.8, 4) is 5.75 Å². The van der Waals surface area contributed by atoms with Crippen molar-refractivity contribution < 1.29 is 23.0 Å². The topological polar surface area (TPSA) is 41.5 Å². The Morgan fingerprint density at radius 1 is 1.30 bits per heavy atom. The van der Waals surface area contributed by atoms with E-state index >= 15 is 0 Å². The third-order valence-electron chi connectivity index (χ3n) is 3.15. The second-order valence-electron chi connectivity index (χ2n) is 4.98. The summed E-state index contributed by atoms with van der Waals surface area (Å²) in [6.07, 6.45) is -3.60. The van der Waals surface area contributed by atoms with Gasteiger partial charge >= 0.3 is 6.18 Å². The zero-order valence-electron chi connectivity index (χ0n) is 11.6. The maximum atomic E-state index is 12.1. The molecule has 1 aromatic carbocycles. The van der Waals surface area contributed by atoms with Crippen LogP contribution in [0.25, 0.3) is 0 Å². The van der Waals surface area contributed by atoms with E-state index in [1.165, 1.54) is 6.07 Å². The van der Waals surface area contributed by atoms with Gasteiger partial charge in [-0.2, -0.15) is 13.2 Å². The highest BCUT2D eigenvalue weighted by Gasteiger charge is 2.28. The van der Waals surface area contributed by atoms with Gasteiger partial charge in [0.2, 0.25) is 0 Å². The van der Waals surface area contributed by atoms with Gasteiger partial charge in [0.15, 0.2) is 6.61 Å². The van der Waals surface area contributed by atoms with E-state index in [0.29, 0.717) is 6.54 Å². The highest BCUT2D eigenvalue weighted by molar-refractivity contribution is 5.28. The third kappa shape index (κ3) is 5.79. The van der Waals surface area contributed by atoms with Gasteiger partial charge in [-0.15, -0.1) is 0 Å². The van der Waals surface area contributed by atoms with Crippen molar-refractivity contribution in [3.05, 3.63) is 29.8 Å². The van der Waals surface area contributed by atoms with Gasteiger partial charge in [-0.3, -0.25) is 0 Å². The van der Waals surface area contributed by atoms with Crippen LogP contribution in [0.5, 0.6) is 5.75 Å². The molecule has 2 N–H and O–H groups in total. The summed E-state index contributed by atoms with van der Waals surface area (Å²) in [7, 11) is 0. The predicted molar refractivity (Wildman–Crippen MR) is 70.6 cm³/mol. The molecular formula is C14H20F3NO2.